The molecule has 0 amide bonds. The Bertz CT molecular complexity index is 194. The average molecular weight is 198 g/mol. The fraction of sp³-hybridized carbons (Fsp3) is 1.00. The zero-order valence-corrected chi connectivity index (χ0v) is 7.75. The summed E-state index contributed by atoms with van der Waals surface area (Å²) >= 11 is 0. The average Bonchev–Trinajstić information content (AvgIpc) is 1.96. The van der Waals surface area contributed by atoms with Crippen LogP contribution in [0, 0.1) is 5.92 Å². The van der Waals surface area contributed by atoms with Crippen molar-refractivity contribution in [3.8, 4) is 0 Å². The summed E-state index contributed by atoms with van der Waals surface area (Å²) in [6.07, 6.45) is 1.29. The first-order chi connectivity index (χ1) is 5.49. The summed E-state index contributed by atoms with van der Waals surface area (Å²) in [6.45, 7) is -0.322. The summed E-state index contributed by atoms with van der Waals surface area (Å²) in [5, 5.41) is 17.2. The molecule has 0 bridgehead atoms. The van der Waals surface area contributed by atoms with Gasteiger partial charge < -0.3 is 10.2 Å². The maximum atomic E-state index is 10.4. The van der Waals surface area contributed by atoms with E-state index in [-0.39, 0.29) is 25.7 Å². The van der Waals surface area contributed by atoms with Crippen molar-refractivity contribution in [3.63, 3.8) is 0 Å². The lowest BCUT2D eigenvalue weighted by Gasteiger charge is -2.09. The number of rotatable bonds is 6. The standard InChI is InChI=1S/C6H14O5S/c1-12(9,10)11-3-2-6(4-7)5-8/h6-8H,2-5H2,1H3. The first-order valence-electron chi connectivity index (χ1n) is 3.55. The van der Waals surface area contributed by atoms with Crippen LogP contribution in [0.15, 0.2) is 0 Å². The van der Waals surface area contributed by atoms with E-state index >= 15 is 0 Å². The Morgan fingerprint density at radius 1 is 1.33 bits per heavy atom. The molecule has 0 saturated heterocycles. The third-order valence-electron chi connectivity index (χ3n) is 1.34. The fourth-order valence-corrected chi connectivity index (χ4v) is 1.01. The van der Waals surface area contributed by atoms with Crippen LogP contribution >= 0.6 is 0 Å². The molecule has 0 aromatic carbocycles. The van der Waals surface area contributed by atoms with E-state index in [1.807, 2.05) is 0 Å². The molecule has 0 saturated carbocycles. The zero-order chi connectivity index (χ0) is 9.61. The molecule has 0 heterocycles. The van der Waals surface area contributed by atoms with Gasteiger partial charge in [-0.1, -0.05) is 0 Å². The van der Waals surface area contributed by atoms with Gasteiger partial charge in [-0.2, -0.15) is 8.42 Å². The van der Waals surface area contributed by atoms with Crippen molar-refractivity contribution in [1.29, 1.82) is 0 Å². The predicted molar refractivity (Wildman–Crippen MR) is 43.1 cm³/mol. The van der Waals surface area contributed by atoms with Crippen LogP contribution in [-0.4, -0.2) is 44.7 Å². The summed E-state index contributed by atoms with van der Waals surface area (Å²) in [5.41, 5.74) is 0. The molecule has 5 nitrogen and oxygen atoms in total. The van der Waals surface area contributed by atoms with Crippen LogP contribution in [0.5, 0.6) is 0 Å². The highest BCUT2D eigenvalue weighted by molar-refractivity contribution is 7.85. The molecule has 74 valence electrons. The Balaban J connectivity index is 3.55. The van der Waals surface area contributed by atoms with Gasteiger partial charge >= 0.3 is 0 Å². The van der Waals surface area contributed by atoms with Crippen molar-refractivity contribution < 1.29 is 22.8 Å². The Morgan fingerprint density at radius 3 is 2.17 bits per heavy atom. The molecule has 0 aliphatic rings. The van der Waals surface area contributed by atoms with Gasteiger partial charge in [0, 0.05) is 19.1 Å². The zero-order valence-electron chi connectivity index (χ0n) is 6.93. The first-order valence-corrected chi connectivity index (χ1v) is 5.37. The summed E-state index contributed by atoms with van der Waals surface area (Å²) in [5.74, 6) is -0.299. The second-order valence-corrected chi connectivity index (χ2v) is 4.19. The van der Waals surface area contributed by atoms with Gasteiger partial charge in [0.05, 0.1) is 12.9 Å². The normalized spacial score (nSPS) is 12.3. The molecular formula is C6H14O5S. The molecule has 0 aliphatic carbocycles. The third-order valence-corrected chi connectivity index (χ3v) is 1.93. The monoisotopic (exact) mass is 198 g/mol. The molecule has 0 unspecified atom stereocenters. The maximum absolute atomic E-state index is 10.4. The van der Waals surface area contributed by atoms with Crippen LogP contribution in [0.25, 0.3) is 0 Å². The molecule has 2 N–H and O–H groups in total. The minimum atomic E-state index is -3.40. The van der Waals surface area contributed by atoms with Crippen molar-refractivity contribution in [3.05, 3.63) is 0 Å². The SMILES string of the molecule is CS(=O)(=O)OCCC(CO)CO. The lowest BCUT2D eigenvalue weighted by atomic mass is 10.1. The van der Waals surface area contributed by atoms with E-state index in [9.17, 15) is 8.42 Å². The smallest absolute Gasteiger partial charge is 0.264 e. The van der Waals surface area contributed by atoms with E-state index in [4.69, 9.17) is 10.2 Å². The molecule has 0 rings (SSSR count). The molecule has 0 radical (unpaired) electrons. The van der Waals surface area contributed by atoms with Crippen molar-refractivity contribution in [2.75, 3.05) is 26.1 Å². The van der Waals surface area contributed by atoms with Crippen molar-refractivity contribution in [2.45, 2.75) is 6.42 Å². The summed E-state index contributed by atoms with van der Waals surface area (Å²) in [7, 11) is -3.40. The lowest BCUT2D eigenvalue weighted by molar-refractivity contribution is 0.129. The van der Waals surface area contributed by atoms with E-state index in [1.54, 1.807) is 0 Å². The Hall–Kier alpha value is -0.170. The molecule has 0 fully saturated rings. The minimum Gasteiger partial charge on any atom is -0.396 e. The van der Waals surface area contributed by atoms with Crippen LogP contribution in [0.4, 0.5) is 0 Å². The van der Waals surface area contributed by atoms with E-state index in [0.29, 0.717) is 6.42 Å². The number of hydrogen-bond donors (Lipinski definition) is 2. The van der Waals surface area contributed by atoms with Gasteiger partial charge in [-0.3, -0.25) is 4.18 Å². The van der Waals surface area contributed by atoms with E-state index in [0.717, 1.165) is 6.26 Å². The second kappa shape index (κ2) is 5.47. The third kappa shape index (κ3) is 6.53. The van der Waals surface area contributed by atoms with Crippen LogP contribution in [0.2, 0.25) is 0 Å². The number of aliphatic hydroxyl groups is 2. The largest absolute Gasteiger partial charge is 0.396 e. The highest BCUT2D eigenvalue weighted by atomic mass is 32.2. The molecule has 0 atom stereocenters. The highest BCUT2D eigenvalue weighted by Gasteiger charge is 2.07. The molecular weight excluding hydrogens is 184 g/mol. The van der Waals surface area contributed by atoms with Crippen LogP contribution in [-0.2, 0) is 14.3 Å². The first kappa shape index (κ1) is 11.8. The topological polar surface area (TPSA) is 83.8 Å². The van der Waals surface area contributed by atoms with Crippen molar-refractivity contribution >= 4 is 10.1 Å². The molecule has 0 aliphatic heterocycles. The van der Waals surface area contributed by atoms with Gasteiger partial charge in [0.1, 0.15) is 0 Å². The van der Waals surface area contributed by atoms with Gasteiger partial charge in [-0.25, -0.2) is 0 Å². The Kier molecular flexibility index (Phi) is 5.39. The van der Waals surface area contributed by atoms with Crippen molar-refractivity contribution in [1.82, 2.24) is 0 Å². The summed E-state index contributed by atoms with van der Waals surface area (Å²) < 4.78 is 25.3. The molecule has 6 heteroatoms. The Morgan fingerprint density at radius 2 is 1.83 bits per heavy atom. The number of aliphatic hydroxyl groups excluding tert-OH is 2. The molecule has 12 heavy (non-hydrogen) atoms. The predicted octanol–water partition coefficient (Wildman–Crippen LogP) is -1.05. The lowest BCUT2D eigenvalue weighted by Crippen LogP contribution is -2.15. The quantitative estimate of drug-likeness (QED) is 0.532. The molecule has 0 aromatic heterocycles. The summed E-state index contributed by atoms with van der Waals surface area (Å²) in [6, 6.07) is 0. The number of hydrogen-bond acceptors (Lipinski definition) is 5. The van der Waals surface area contributed by atoms with Gasteiger partial charge in [0.15, 0.2) is 0 Å². The minimum absolute atomic E-state index is 0.00458. The highest BCUT2D eigenvalue weighted by Crippen LogP contribution is 2.01. The van der Waals surface area contributed by atoms with E-state index in [1.165, 1.54) is 0 Å². The fourth-order valence-electron chi connectivity index (χ4n) is 0.606. The van der Waals surface area contributed by atoms with Gasteiger partial charge in [0.2, 0.25) is 0 Å². The van der Waals surface area contributed by atoms with Crippen LogP contribution in [0.3, 0.4) is 0 Å². The second-order valence-electron chi connectivity index (χ2n) is 2.55. The van der Waals surface area contributed by atoms with Gasteiger partial charge in [-0.15, -0.1) is 0 Å². The van der Waals surface area contributed by atoms with Gasteiger partial charge in [-0.05, 0) is 6.42 Å². The molecule has 0 aromatic rings. The summed E-state index contributed by atoms with van der Waals surface area (Å²) in [4.78, 5) is 0. The Labute approximate surface area is 72.1 Å². The van der Waals surface area contributed by atoms with Gasteiger partial charge in [0.25, 0.3) is 10.1 Å². The maximum Gasteiger partial charge on any atom is 0.264 e. The molecule has 0 spiro atoms. The van der Waals surface area contributed by atoms with E-state index < -0.39 is 10.1 Å². The van der Waals surface area contributed by atoms with Crippen LogP contribution < -0.4 is 0 Å². The van der Waals surface area contributed by atoms with Crippen LogP contribution in [0.1, 0.15) is 6.42 Å². The van der Waals surface area contributed by atoms with E-state index in [2.05, 4.69) is 4.18 Å². The van der Waals surface area contributed by atoms with Crippen molar-refractivity contribution in [2.24, 2.45) is 5.92 Å².